The molecule has 0 spiro atoms. The van der Waals surface area contributed by atoms with Crippen LogP contribution in [-0.4, -0.2) is 35.2 Å². The lowest BCUT2D eigenvalue weighted by molar-refractivity contribution is -0.291. The van der Waals surface area contributed by atoms with Gasteiger partial charge in [0.1, 0.15) is 11.5 Å². The lowest BCUT2D eigenvalue weighted by Crippen LogP contribution is -2.35. The van der Waals surface area contributed by atoms with E-state index in [-0.39, 0.29) is 34.8 Å². The van der Waals surface area contributed by atoms with Gasteiger partial charge >= 0.3 is 12.1 Å². The van der Waals surface area contributed by atoms with E-state index in [2.05, 4.69) is 25.6 Å². The second-order valence-corrected chi connectivity index (χ2v) is 12.4. The van der Waals surface area contributed by atoms with Gasteiger partial charge in [0, 0.05) is 28.6 Å². The van der Waals surface area contributed by atoms with Crippen molar-refractivity contribution in [1.29, 1.82) is 0 Å². The first-order valence-corrected chi connectivity index (χ1v) is 15.6. The molecule has 0 saturated heterocycles. The summed E-state index contributed by atoms with van der Waals surface area (Å²) < 4.78 is 98.7. The molecule has 1 heterocycles. The predicted octanol–water partition coefficient (Wildman–Crippen LogP) is 6.97. The number of aliphatic hydroxyl groups is 1. The second-order valence-electron chi connectivity index (χ2n) is 9.88. The van der Waals surface area contributed by atoms with Gasteiger partial charge in [-0.05, 0) is 47.9 Å². The fraction of sp³-hybridized carbons (Fsp3) is 0.267. The van der Waals surface area contributed by atoms with Crippen LogP contribution in [0.2, 0.25) is 0 Å². The Morgan fingerprint density at radius 3 is 2.20 bits per heavy atom. The zero-order chi connectivity index (χ0) is 32.3. The van der Waals surface area contributed by atoms with Crippen LogP contribution < -0.4 is 4.72 Å². The van der Waals surface area contributed by atoms with Crippen molar-refractivity contribution in [2.24, 2.45) is 0 Å². The number of aryl methyl sites for hydroxylation is 1. The Kier molecular flexibility index (Phi) is 9.96. The third-order valence-electron chi connectivity index (χ3n) is 6.82. The Morgan fingerprint density at radius 1 is 0.977 bits per heavy atom. The van der Waals surface area contributed by atoms with Crippen LogP contribution in [0.25, 0.3) is 11.1 Å². The summed E-state index contributed by atoms with van der Waals surface area (Å²) in [5.41, 5.74) is -0.849. The molecule has 0 radical (unpaired) electrons. The van der Waals surface area contributed by atoms with Crippen LogP contribution in [0, 0.1) is 0 Å². The van der Waals surface area contributed by atoms with Crippen molar-refractivity contribution < 1.29 is 40.3 Å². The average Bonchev–Trinajstić information content (AvgIpc) is 3.33. The second kappa shape index (κ2) is 13.2. The number of carbonyl (C=O) groups is 1. The number of sulfonamides is 1. The van der Waals surface area contributed by atoms with Gasteiger partial charge in [-0.3, -0.25) is 4.79 Å². The van der Waals surface area contributed by atoms with Gasteiger partial charge in [0.15, 0.2) is 0 Å². The highest BCUT2D eigenvalue weighted by molar-refractivity contribution is 9.10. The molecule has 2 N–H and O–H groups in total. The van der Waals surface area contributed by atoms with Crippen molar-refractivity contribution in [2.75, 3.05) is 0 Å². The van der Waals surface area contributed by atoms with E-state index in [0.29, 0.717) is 28.4 Å². The van der Waals surface area contributed by atoms with Crippen molar-refractivity contribution in [3.05, 3.63) is 106 Å². The summed E-state index contributed by atoms with van der Waals surface area (Å²) in [6.07, 6.45) is -4.67. The van der Waals surface area contributed by atoms with Crippen LogP contribution in [0.1, 0.15) is 52.9 Å². The van der Waals surface area contributed by atoms with Gasteiger partial charge in [-0.2, -0.15) is 22.0 Å². The molecular formula is C30H27BrF5N3O4S. The molecule has 0 bridgehead atoms. The largest absolute Gasteiger partial charge is 0.459 e. The van der Waals surface area contributed by atoms with Crippen molar-refractivity contribution >= 4 is 31.9 Å². The van der Waals surface area contributed by atoms with Crippen LogP contribution in [0.5, 0.6) is 0 Å². The molecule has 0 aliphatic carbocycles. The Bertz CT molecular complexity index is 1740. The highest BCUT2D eigenvalue weighted by Gasteiger charge is 2.61. The van der Waals surface area contributed by atoms with Crippen molar-refractivity contribution in [3.8, 4) is 11.1 Å². The van der Waals surface area contributed by atoms with Crippen LogP contribution in [0.4, 0.5) is 22.0 Å². The Labute approximate surface area is 258 Å². The van der Waals surface area contributed by atoms with Gasteiger partial charge in [0.25, 0.3) is 15.9 Å². The molecule has 234 valence electrons. The van der Waals surface area contributed by atoms with Crippen molar-refractivity contribution in [2.45, 2.75) is 56.3 Å². The quantitative estimate of drug-likeness (QED) is 0.165. The minimum atomic E-state index is -5.90. The van der Waals surface area contributed by atoms with Gasteiger partial charge in [0.2, 0.25) is 0 Å². The summed E-state index contributed by atoms with van der Waals surface area (Å²) in [6, 6.07) is 18.4. The first-order chi connectivity index (χ1) is 20.7. The molecule has 0 aliphatic rings. The molecule has 4 rings (SSSR count). The molecule has 0 unspecified atom stereocenters. The summed E-state index contributed by atoms with van der Waals surface area (Å²) in [4.78, 5) is 16.1. The van der Waals surface area contributed by atoms with E-state index in [1.165, 1.54) is 24.3 Å². The van der Waals surface area contributed by atoms with E-state index >= 15 is 0 Å². The lowest BCUT2D eigenvalue weighted by atomic mass is 10.0. The molecule has 0 fully saturated rings. The van der Waals surface area contributed by atoms with Crippen LogP contribution in [0.3, 0.4) is 0 Å². The van der Waals surface area contributed by atoms with Crippen LogP contribution in [0.15, 0.2) is 82.2 Å². The minimum Gasteiger partial charge on any atom is -0.390 e. The van der Waals surface area contributed by atoms with Gasteiger partial charge in [-0.25, -0.2) is 18.1 Å². The topological polar surface area (TPSA) is 101 Å². The lowest BCUT2D eigenvalue weighted by Gasteiger charge is -2.19. The molecule has 44 heavy (non-hydrogen) atoms. The molecule has 3 aromatic carbocycles. The molecular weight excluding hydrogens is 673 g/mol. The maximum atomic E-state index is 14.3. The fourth-order valence-electron chi connectivity index (χ4n) is 4.54. The van der Waals surface area contributed by atoms with E-state index in [4.69, 9.17) is 0 Å². The molecule has 4 aromatic rings. The van der Waals surface area contributed by atoms with E-state index < -0.39 is 46.0 Å². The Balaban J connectivity index is 1.65. The molecule has 7 nitrogen and oxygen atoms in total. The number of nitrogens with zero attached hydrogens (tertiary/aromatic N) is 2. The summed E-state index contributed by atoms with van der Waals surface area (Å²) in [6.45, 7) is 0.573. The number of rotatable bonds is 11. The fourth-order valence-corrected chi connectivity index (χ4v) is 6.01. The van der Waals surface area contributed by atoms with Crippen molar-refractivity contribution in [1.82, 2.24) is 14.3 Å². The number of nitrogens with one attached hydrogen (secondary N) is 1. The summed E-state index contributed by atoms with van der Waals surface area (Å²) >= 11 is 3.25. The van der Waals surface area contributed by atoms with Gasteiger partial charge in [-0.15, -0.1) is 0 Å². The smallest absolute Gasteiger partial charge is 0.390 e. The summed E-state index contributed by atoms with van der Waals surface area (Å²) in [5, 5.41) is 9.84. The molecule has 0 saturated carbocycles. The molecule has 1 amide bonds. The van der Waals surface area contributed by atoms with E-state index in [1.54, 1.807) is 48.5 Å². The highest BCUT2D eigenvalue weighted by atomic mass is 79.9. The predicted molar refractivity (Wildman–Crippen MR) is 156 cm³/mol. The number of aromatic nitrogens is 2. The molecule has 0 aliphatic heterocycles. The number of unbranched alkanes of at least 4 members (excludes halogenated alkanes) is 1. The summed E-state index contributed by atoms with van der Waals surface area (Å²) in [5.74, 6) is -6.10. The number of alkyl halides is 5. The maximum Gasteiger partial charge on any atom is 0.459 e. The normalized spacial score (nSPS) is 12.4. The number of benzene rings is 3. The number of carbonyl (C=O) groups excluding carboxylic acids is 1. The van der Waals surface area contributed by atoms with E-state index in [0.717, 1.165) is 4.57 Å². The first-order valence-electron chi connectivity index (χ1n) is 13.3. The van der Waals surface area contributed by atoms with E-state index in [1.807, 2.05) is 6.92 Å². The Morgan fingerprint density at radius 2 is 1.61 bits per heavy atom. The number of halogens is 6. The Hall–Kier alpha value is -3.62. The molecule has 14 heteroatoms. The molecule has 1 aromatic heterocycles. The maximum absolute atomic E-state index is 14.3. The van der Waals surface area contributed by atoms with Gasteiger partial charge < -0.3 is 9.67 Å². The number of aliphatic hydroxyl groups excluding tert-OH is 1. The highest BCUT2D eigenvalue weighted by Crippen LogP contribution is 2.45. The van der Waals surface area contributed by atoms with Crippen LogP contribution >= 0.6 is 15.9 Å². The van der Waals surface area contributed by atoms with Crippen molar-refractivity contribution in [3.63, 3.8) is 0 Å². The zero-order valence-corrected chi connectivity index (χ0v) is 25.6. The number of hydrogen-bond donors (Lipinski definition) is 2. The van der Waals surface area contributed by atoms with Gasteiger partial charge in [-0.1, -0.05) is 71.7 Å². The zero-order valence-electron chi connectivity index (χ0n) is 23.2. The van der Waals surface area contributed by atoms with Crippen LogP contribution in [-0.2, 0) is 35.5 Å². The number of hydrogen-bond acceptors (Lipinski definition) is 5. The molecule has 0 atom stereocenters. The monoisotopic (exact) mass is 699 g/mol. The number of amides is 1. The summed E-state index contributed by atoms with van der Waals surface area (Å²) in [7, 11) is -4.32. The minimum absolute atomic E-state index is 0.0168. The van der Waals surface area contributed by atoms with Gasteiger partial charge in [0.05, 0.1) is 17.2 Å². The van der Waals surface area contributed by atoms with E-state index in [9.17, 15) is 40.3 Å². The first kappa shape index (κ1) is 33.3. The SMILES string of the molecule is CCCCc1nc(C(F)(F)C(F)(F)F)c(CO)n1Cc1ccc(-c2ccccc2S(=O)(=O)NC(=O)c2ccc(Br)cc2)cc1. The third-order valence-corrected chi connectivity index (χ3v) is 8.74. The number of imidazole rings is 1. The average molecular weight is 701 g/mol. The standard InChI is InChI=1S/C30H27BrF5N3O4S/c1-2-3-8-26-37-27(29(32,33)30(34,35)36)24(18-40)39(26)17-19-9-11-20(12-10-19)23-6-4-5-7-25(23)44(42,43)38-28(41)21-13-15-22(31)16-14-21/h4-7,9-16,40H,2-3,8,17-18H2,1H3,(H,38,41). The third kappa shape index (κ3) is 7.02.